The zero-order chi connectivity index (χ0) is 14.1. The first kappa shape index (κ1) is 12.1. The molecule has 0 aliphatic rings. The fourth-order valence-corrected chi connectivity index (χ4v) is 2.15. The number of carboxylic acids is 1. The number of hydrogen-bond acceptors (Lipinski definition) is 3. The van der Waals surface area contributed by atoms with Crippen LogP contribution in [0, 0.1) is 0 Å². The molecule has 98 valence electrons. The molecule has 0 fully saturated rings. The van der Waals surface area contributed by atoms with Crippen LogP contribution in [0.4, 0.5) is 0 Å². The van der Waals surface area contributed by atoms with Crippen molar-refractivity contribution in [3.05, 3.63) is 65.6 Å². The maximum Gasteiger partial charge on any atom is 0.338 e. The van der Waals surface area contributed by atoms with E-state index in [1.165, 1.54) is 18.3 Å². The number of carboxylic acid groups (broad SMARTS) is 1. The maximum atomic E-state index is 12.5. The molecule has 3 aromatic rings. The molecule has 0 bridgehead atoms. The van der Waals surface area contributed by atoms with Crippen molar-refractivity contribution in [2.45, 2.75) is 0 Å². The van der Waals surface area contributed by atoms with Crippen molar-refractivity contribution in [3.63, 3.8) is 0 Å². The van der Waals surface area contributed by atoms with E-state index in [1.807, 2.05) is 24.3 Å². The molecule has 0 atom stereocenters. The Morgan fingerprint density at radius 1 is 1.05 bits per heavy atom. The van der Waals surface area contributed by atoms with E-state index in [1.54, 1.807) is 6.20 Å². The lowest BCUT2D eigenvalue weighted by Crippen LogP contribution is -2.11. The molecule has 1 aromatic carbocycles. The summed E-state index contributed by atoms with van der Waals surface area (Å²) >= 11 is 0. The summed E-state index contributed by atoms with van der Waals surface area (Å²) < 4.78 is 0. The molecule has 0 radical (unpaired) electrons. The number of benzene rings is 1. The quantitative estimate of drug-likeness (QED) is 0.713. The van der Waals surface area contributed by atoms with E-state index in [4.69, 9.17) is 5.11 Å². The molecule has 2 heterocycles. The largest absolute Gasteiger partial charge is 0.478 e. The second-order valence-corrected chi connectivity index (χ2v) is 4.28. The summed E-state index contributed by atoms with van der Waals surface area (Å²) in [4.78, 5) is 30.6. The van der Waals surface area contributed by atoms with E-state index in [2.05, 4.69) is 9.97 Å². The van der Waals surface area contributed by atoms with E-state index < -0.39 is 11.8 Å². The average molecular weight is 266 g/mol. The van der Waals surface area contributed by atoms with Gasteiger partial charge in [-0.2, -0.15) is 0 Å². The third kappa shape index (κ3) is 1.85. The third-order valence-electron chi connectivity index (χ3n) is 3.09. The molecule has 0 amide bonds. The van der Waals surface area contributed by atoms with Gasteiger partial charge in [-0.1, -0.05) is 18.2 Å². The Bertz CT molecular complexity index is 821. The Kier molecular flexibility index (Phi) is 2.80. The van der Waals surface area contributed by atoms with Crippen molar-refractivity contribution in [2.75, 3.05) is 0 Å². The number of H-pyrrole nitrogens is 1. The molecular weight excluding hydrogens is 256 g/mol. The molecule has 0 saturated carbocycles. The van der Waals surface area contributed by atoms with E-state index in [0.717, 1.165) is 10.9 Å². The summed E-state index contributed by atoms with van der Waals surface area (Å²) in [7, 11) is 0. The van der Waals surface area contributed by atoms with Gasteiger partial charge >= 0.3 is 5.97 Å². The van der Waals surface area contributed by atoms with Crippen LogP contribution in [0.15, 0.2) is 48.8 Å². The second-order valence-electron chi connectivity index (χ2n) is 4.28. The lowest BCUT2D eigenvalue weighted by Gasteiger charge is -2.02. The molecule has 2 N–H and O–H groups in total. The normalized spacial score (nSPS) is 10.6. The van der Waals surface area contributed by atoms with Gasteiger partial charge in [0.15, 0.2) is 0 Å². The number of aromatic nitrogens is 2. The molecule has 0 aliphatic carbocycles. The highest BCUT2D eigenvalue weighted by Gasteiger charge is 2.21. The zero-order valence-electron chi connectivity index (χ0n) is 10.3. The second kappa shape index (κ2) is 4.62. The predicted molar refractivity (Wildman–Crippen MR) is 72.9 cm³/mol. The minimum atomic E-state index is -1.17. The highest BCUT2D eigenvalue weighted by molar-refractivity contribution is 6.18. The molecule has 5 nitrogen and oxygen atoms in total. The third-order valence-corrected chi connectivity index (χ3v) is 3.09. The van der Waals surface area contributed by atoms with E-state index in [0.29, 0.717) is 5.56 Å². The van der Waals surface area contributed by atoms with E-state index in [9.17, 15) is 9.59 Å². The monoisotopic (exact) mass is 266 g/mol. The van der Waals surface area contributed by atoms with E-state index >= 15 is 0 Å². The fourth-order valence-electron chi connectivity index (χ4n) is 2.15. The van der Waals surface area contributed by atoms with Crippen LogP contribution in [0.1, 0.15) is 26.4 Å². The number of pyridine rings is 1. The van der Waals surface area contributed by atoms with Crippen molar-refractivity contribution in [2.24, 2.45) is 0 Å². The van der Waals surface area contributed by atoms with Crippen LogP contribution in [0.25, 0.3) is 10.9 Å². The van der Waals surface area contributed by atoms with Gasteiger partial charge in [-0.3, -0.25) is 9.78 Å². The van der Waals surface area contributed by atoms with Crippen LogP contribution in [0.3, 0.4) is 0 Å². The van der Waals surface area contributed by atoms with Crippen LogP contribution in [-0.4, -0.2) is 26.8 Å². The number of nitrogens with zero attached hydrogens (tertiary/aromatic N) is 1. The Morgan fingerprint density at radius 2 is 1.85 bits per heavy atom. The van der Waals surface area contributed by atoms with Crippen LogP contribution in [-0.2, 0) is 0 Å². The molecule has 0 aliphatic heterocycles. The van der Waals surface area contributed by atoms with Gasteiger partial charge in [-0.15, -0.1) is 0 Å². The summed E-state index contributed by atoms with van der Waals surface area (Å²) in [5, 5.41) is 9.87. The Morgan fingerprint density at radius 3 is 2.65 bits per heavy atom. The van der Waals surface area contributed by atoms with Crippen LogP contribution in [0.2, 0.25) is 0 Å². The number of aromatic carboxylic acids is 1. The van der Waals surface area contributed by atoms with Gasteiger partial charge in [0.05, 0.1) is 5.56 Å². The standard InChI is InChI=1S/C15H10N2O3/c18-14(13-10(15(19)20)5-3-7-16-13)11-8-17-12-6-2-1-4-9(11)12/h1-8,17H,(H,19,20). The Balaban J connectivity index is 2.16. The molecular formula is C15H10N2O3. The molecule has 0 spiro atoms. The van der Waals surface area contributed by atoms with E-state index in [-0.39, 0.29) is 11.3 Å². The molecule has 20 heavy (non-hydrogen) atoms. The number of ketones is 1. The summed E-state index contributed by atoms with van der Waals surface area (Å²) in [6.07, 6.45) is 2.99. The SMILES string of the molecule is O=C(O)c1cccnc1C(=O)c1c[nH]c2ccccc12. The van der Waals surface area contributed by atoms with Crippen molar-refractivity contribution in [1.82, 2.24) is 9.97 Å². The maximum absolute atomic E-state index is 12.5. The first-order valence-corrected chi connectivity index (χ1v) is 5.97. The van der Waals surface area contributed by atoms with Crippen molar-refractivity contribution < 1.29 is 14.7 Å². The average Bonchev–Trinajstić information content (AvgIpc) is 2.90. The number of hydrogen-bond donors (Lipinski definition) is 2. The van der Waals surface area contributed by atoms with Gasteiger partial charge in [-0.05, 0) is 18.2 Å². The van der Waals surface area contributed by atoms with Crippen molar-refractivity contribution >= 4 is 22.7 Å². The molecule has 5 heteroatoms. The number of carbonyl (C=O) groups excluding carboxylic acids is 1. The minimum Gasteiger partial charge on any atom is -0.478 e. The predicted octanol–water partition coefficient (Wildman–Crippen LogP) is 2.49. The molecule has 2 aromatic heterocycles. The molecule has 0 unspecified atom stereocenters. The van der Waals surface area contributed by atoms with Gasteiger partial charge in [0, 0.05) is 28.9 Å². The number of rotatable bonds is 3. The Hall–Kier alpha value is -2.95. The lowest BCUT2D eigenvalue weighted by atomic mass is 10.0. The summed E-state index contributed by atoms with van der Waals surface area (Å²) in [5.41, 5.74) is 1.10. The number of fused-ring (bicyclic) bond motifs is 1. The Labute approximate surface area is 113 Å². The summed E-state index contributed by atoms with van der Waals surface area (Å²) in [6, 6.07) is 10.2. The van der Waals surface area contributed by atoms with Gasteiger partial charge in [-0.25, -0.2) is 4.79 Å². The van der Waals surface area contributed by atoms with Gasteiger partial charge in [0.25, 0.3) is 0 Å². The first-order valence-electron chi connectivity index (χ1n) is 5.97. The minimum absolute atomic E-state index is 0.0512. The van der Waals surface area contributed by atoms with Gasteiger partial charge < -0.3 is 10.1 Å². The highest BCUT2D eigenvalue weighted by Crippen LogP contribution is 2.21. The summed E-state index contributed by atoms with van der Waals surface area (Å²) in [6.45, 7) is 0. The topological polar surface area (TPSA) is 83.0 Å². The zero-order valence-corrected chi connectivity index (χ0v) is 10.3. The smallest absolute Gasteiger partial charge is 0.338 e. The van der Waals surface area contributed by atoms with Crippen molar-refractivity contribution in [3.8, 4) is 0 Å². The lowest BCUT2D eigenvalue weighted by molar-refractivity contribution is 0.0692. The van der Waals surface area contributed by atoms with Gasteiger partial charge in [0.2, 0.25) is 5.78 Å². The van der Waals surface area contributed by atoms with Crippen LogP contribution < -0.4 is 0 Å². The highest BCUT2D eigenvalue weighted by atomic mass is 16.4. The summed E-state index contributed by atoms with van der Waals surface area (Å²) in [5.74, 6) is -1.57. The number of para-hydroxylation sites is 1. The fraction of sp³-hybridized carbons (Fsp3) is 0. The van der Waals surface area contributed by atoms with Crippen LogP contribution >= 0.6 is 0 Å². The first-order chi connectivity index (χ1) is 9.68. The number of aromatic amines is 1. The molecule has 3 rings (SSSR count). The number of carbonyl (C=O) groups is 2. The van der Waals surface area contributed by atoms with Crippen molar-refractivity contribution in [1.29, 1.82) is 0 Å². The van der Waals surface area contributed by atoms with Crippen LogP contribution in [0.5, 0.6) is 0 Å². The molecule has 0 saturated heterocycles. The van der Waals surface area contributed by atoms with Gasteiger partial charge in [0.1, 0.15) is 5.69 Å². The number of nitrogens with one attached hydrogen (secondary N) is 1.